The average Bonchev–Trinajstić information content (AvgIpc) is 2.56. The lowest BCUT2D eigenvalue weighted by atomic mass is 9.83. The number of halogens is 1. The molecular weight excluding hydrogens is 231 g/mol. The van der Waals surface area contributed by atoms with Gasteiger partial charge in [0.2, 0.25) is 0 Å². The summed E-state index contributed by atoms with van der Waals surface area (Å²) in [6.45, 7) is 0. The molecule has 0 radical (unpaired) electrons. The van der Waals surface area contributed by atoms with Crippen molar-refractivity contribution in [3.63, 3.8) is 0 Å². The van der Waals surface area contributed by atoms with E-state index in [0.29, 0.717) is 17.7 Å². The van der Waals surface area contributed by atoms with Crippen LogP contribution in [0.3, 0.4) is 0 Å². The second-order valence-electron chi connectivity index (χ2n) is 5.60. The van der Waals surface area contributed by atoms with Gasteiger partial charge in [-0.3, -0.25) is 0 Å². The van der Waals surface area contributed by atoms with E-state index in [4.69, 9.17) is 4.74 Å². The number of aliphatic hydroxyl groups is 1. The second-order valence-corrected chi connectivity index (χ2v) is 5.60. The van der Waals surface area contributed by atoms with Crippen LogP contribution < -0.4 is 4.74 Å². The highest BCUT2D eigenvalue weighted by Crippen LogP contribution is 2.45. The summed E-state index contributed by atoms with van der Waals surface area (Å²) in [6.07, 6.45) is 6.81. The molecule has 1 heterocycles. The first-order chi connectivity index (χ1) is 8.69. The number of rotatable bonds is 0. The van der Waals surface area contributed by atoms with E-state index in [2.05, 4.69) is 0 Å². The van der Waals surface area contributed by atoms with E-state index in [9.17, 15) is 9.50 Å². The predicted molar refractivity (Wildman–Crippen MR) is 67.0 cm³/mol. The molecule has 3 heteroatoms. The van der Waals surface area contributed by atoms with E-state index >= 15 is 0 Å². The van der Waals surface area contributed by atoms with E-state index in [-0.39, 0.29) is 11.4 Å². The molecule has 1 aromatic rings. The quantitative estimate of drug-likeness (QED) is 0.760. The third-order valence-corrected chi connectivity index (χ3v) is 4.24. The van der Waals surface area contributed by atoms with Gasteiger partial charge in [-0.1, -0.05) is 12.8 Å². The summed E-state index contributed by atoms with van der Waals surface area (Å²) in [6, 6.07) is 4.45. The highest BCUT2D eigenvalue weighted by Gasteiger charge is 2.40. The van der Waals surface area contributed by atoms with Crippen molar-refractivity contribution in [2.24, 2.45) is 0 Å². The van der Waals surface area contributed by atoms with Crippen molar-refractivity contribution in [1.29, 1.82) is 0 Å². The van der Waals surface area contributed by atoms with E-state index in [1.165, 1.54) is 25.0 Å². The monoisotopic (exact) mass is 250 g/mol. The largest absolute Gasteiger partial charge is 0.487 e. The Balaban J connectivity index is 1.92. The Morgan fingerprint density at radius 1 is 1.17 bits per heavy atom. The molecule has 0 unspecified atom stereocenters. The number of hydrogen-bond donors (Lipinski definition) is 1. The van der Waals surface area contributed by atoms with Crippen molar-refractivity contribution in [2.75, 3.05) is 0 Å². The summed E-state index contributed by atoms with van der Waals surface area (Å²) >= 11 is 0. The first-order valence-electron chi connectivity index (χ1n) is 6.85. The first kappa shape index (κ1) is 12.0. The molecule has 0 aromatic heterocycles. The normalized spacial score (nSPS) is 26.2. The van der Waals surface area contributed by atoms with Crippen molar-refractivity contribution < 1.29 is 14.2 Å². The summed E-state index contributed by atoms with van der Waals surface area (Å²) in [5.41, 5.74) is 0.380. The van der Waals surface area contributed by atoms with E-state index in [1.807, 2.05) is 0 Å². The lowest BCUT2D eigenvalue weighted by molar-refractivity contribution is -0.0246. The first-order valence-corrected chi connectivity index (χ1v) is 6.85. The zero-order valence-corrected chi connectivity index (χ0v) is 10.5. The molecule has 0 amide bonds. The summed E-state index contributed by atoms with van der Waals surface area (Å²) in [5.74, 6) is 0.352. The highest BCUT2D eigenvalue weighted by molar-refractivity contribution is 5.38. The zero-order valence-electron chi connectivity index (χ0n) is 10.5. The molecule has 2 nitrogen and oxygen atoms in total. The van der Waals surface area contributed by atoms with Gasteiger partial charge in [0.15, 0.2) is 0 Å². The summed E-state index contributed by atoms with van der Waals surface area (Å²) in [4.78, 5) is 0. The summed E-state index contributed by atoms with van der Waals surface area (Å²) < 4.78 is 19.3. The zero-order chi connectivity index (χ0) is 12.6. The fourth-order valence-corrected chi connectivity index (χ4v) is 3.29. The Labute approximate surface area is 107 Å². The van der Waals surface area contributed by atoms with Crippen LogP contribution in [0.2, 0.25) is 0 Å². The van der Waals surface area contributed by atoms with Gasteiger partial charge in [-0.15, -0.1) is 0 Å². The summed E-state index contributed by atoms with van der Waals surface area (Å²) in [5, 5.41) is 10.2. The minimum Gasteiger partial charge on any atom is -0.487 e. The topological polar surface area (TPSA) is 29.5 Å². The molecular formula is C15H19FO2. The van der Waals surface area contributed by atoms with Crippen molar-refractivity contribution in [3.8, 4) is 5.75 Å². The molecule has 1 N–H and O–H groups in total. The number of ether oxygens (including phenoxy) is 1. The lowest BCUT2D eigenvalue weighted by Crippen LogP contribution is -2.40. The van der Waals surface area contributed by atoms with E-state index in [1.54, 1.807) is 6.07 Å². The Hall–Kier alpha value is -1.09. The van der Waals surface area contributed by atoms with Gasteiger partial charge >= 0.3 is 0 Å². The molecule has 3 rings (SSSR count). The molecule has 98 valence electrons. The Morgan fingerprint density at radius 2 is 1.89 bits per heavy atom. The van der Waals surface area contributed by atoms with E-state index in [0.717, 1.165) is 25.7 Å². The van der Waals surface area contributed by atoms with E-state index < -0.39 is 6.10 Å². The van der Waals surface area contributed by atoms with Crippen LogP contribution in [-0.2, 0) is 0 Å². The van der Waals surface area contributed by atoms with Crippen LogP contribution in [0.1, 0.15) is 56.6 Å². The van der Waals surface area contributed by atoms with Crippen LogP contribution in [0.4, 0.5) is 4.39 Å². The van der Waals surface area contributed by atoms with Gasteiger partial charge in [0.1, 0.15) is 17.2 Å². The molecule has 1 aliphatic carbocycles. The minimum atomic E-state index is -0.595. The van der Waals surface area contributed by atoms with Crippen molar-refractivity contribution >= 4 is 0 Å². The van der Waals surface area contributed by atoms with Gasteiger partial charge in [-0.05, 0) is 43.9 Å². The number of fused-ring (bicyclic) bond motifs is 1. The molecule has 1 fully saturated rings. The summed E-state index contributed by atoms with van der Waals surface area (Å²) in [7, 11) is 0. The van der Waals surface area contributed by atoms with Crippen LogP contribution >= 0.6 is 0 Å². The highest BCUT2D eigenvalue weighted by atomic mass is 19.1. The van der Waals surface area contributed by atoms with Crippen LogP contribution in [0.25, 0.3) is 0 Å². The molecule has 1 spiro atoms. The Kier molecular flexibility index (Phi) is 3.02. The molecule has 0 saturated heterocycles. The van der Waals surface area contributed by atoms with Gasteiger partial charge < -0.3 is 9.84 Å². The number of benzene rings is 1. The Bertz CT molecular complexity index is 436. The maximum Gasteiger partial charge on any atom is 0.126 e. The van der Waals surface area contributed by atoms with Gasteiger partial charge in [-0.25, -0.2) is 4.39 Å². The van der Waals surface area contributed by atoms with Crippen LogP contribution in [-0.4, -0.2) is 10.7 Å². The fourth-order valence-electron chi connectivity index (χ4n) is 3.29. The molecule has 18 heavy (non-hydrogen) atoms. The Morgan fingerprint density at radius 3 is 2.61 bits per heavy atom. The average molecular weight is 250 g/mol. The van der Waals surface area contributed by atoms with Crippen molar-refractivity contribution in [2.45, 2.75) is 56.7 Å². The number of hydrogen-bond acceptors (Lipinski definition) is 2. The van der Waals surface area contributed by atoms with Crippen LogP contribution in [0.5, 0.6) is 5.75 Å². The molecule has 0 bridgehead atoms. The second kappa shape index (κ2) is 4.54. The minimum absolute atomic E-state index is 0.221. The smallest absolute Gasteiger partial charge is 0.126 e. The van der Waals surface area contributed by atoms with Gasteiger partial charge in [0, 0.05) is 12.0 Å². The predicted octanol–water partition coefficient (Wildman–Crippen LogP) is 3.73. The maximum absolute atomic E-state index is 13.2. The molecule has 1 aliphatic heterocycles. The third kappa shape index (κ3) is 2.12. The van der Waals surface area contributed by atoms with Crippen molar-refractivity contribution in [3.05, 3.63) is 29.6 Å². The molecule has 2 aliphatic rings. The van der Waals surface area contributed by atoms with Gasteiger partial charge in [0.05, 0.1) is 6.10 Å². The molecule has 1 aromatic carbocycles. The molecule has 1 atom stereocenters. The number of aliphatic hydroxyl groups excluding tert-OH is 1. The third-order valence-electron chi connectivity index (χ3n) is 4.24. The molecule has 1 saturated carbocycles. The maximum atomic E-state index is 13.2. The van der Waals surface area contributed by atoms with Crippen molar-refractivity contribution in [1.82, 2.24) is 0 Å². The fraction of sp³-hybridized carbons (Fsp3) is 0.600. The standard InChI is InChI=1S/C15H19FO2/c16-11-5-6-14-12(9-11)13(17)10-15(18-14)7-3-1-2-4-8-15/h5-6,9,13,17H,1-4,7-8,10H2/t13-/m1/s1. The lowest BCUT2D eigenvalue weighted by Gasteiger charge is -2.40. The van der Waals surface area contributed by atoms with Crippen LogP contribution in [0, 0.1) is 5.82 Å². The SMILES string of the molecule is O[C@@H]1CC2(CCCCCC2)Oc2ccc(F)cc21. The van der Waals surface area contributed by atoms with Gasteiger partial charge in [0.25, 0.3) is 0 Å². The van der Waals surface area contributed by atoms with Gasteiger partial charge in [-0.2, -0.15) is 0 Å². The van der Waals surface area contributed by atoms with Crippen LogP contribution in [0.15, 0.2) is 18.2 Å².